The molecule has 0 bridgehead atoms. The average Bonchev–Trinajstić information content (AvgIpc) is 2.12. The standard InChI is InChI=1S/C9H9FN2O3/c10-7-2-1-3-8(9(7)12(14)15)11-4-6(13)5-11/h1-3,6,13H,4-5H2. The lowest BCUT2D eigenvalue weighted by molar-refractivity contribution is -0.386. The summed E-state index contributed by atoms with van der Waals surface area (Å²) in [5, 5.41) is 19.7. The smallest absolute Gasteiger partial charge is 0.327 e. The van der Waals surface area contributed by atoms with Crippen LogP contribution in [0.15, 0.2) is 18.2 Å². The highest BCUT2D eigenvalue weighted by molar-refractivity contribution is 5.65. The van der Waals surface area contributed by atoms with Crippen molar-refractivity contribution in [3.05, 3.63) is 34.1 Å². The van der Waals surface area contributed by atoms with Crippen LogP contribution in [-0.2, 0) is 0 Å². The third-order valence-corrected chi connectivity index (χ3v) is 2.35. The van der Waals surface area contributed by atoms with E-state index in [9.17, 15) is 14.5 Å². The molecule has 1 aromatic carbocycles. The van der Waals surface area contributed by atoms with Gasteiger partial charge >= 0.3 is 5.69 Å². The maximum atomic E-state index is 13.2. The maximum Gasteiger partial charge on any atom is 0.327 e. The number of anilines is 1. The number of β-amino-alcohol motifs (C(OH)–C–C–N with tert-alkyl or cyclic N) is 1. The monoisotopic (exact) mass is 212 g/mol. The number of nitro groups is 1. The number of para-hydroxylation sites is 1. The molecule has 1 heterocycles. The van der Waals surface area contributed by atoms with Crippen molar-refractivity contribution in [3.63, 3.8) is 0 Å². The van der Waals surface area contributed by atoms with Crippen molar-refractivity contribution >= 4 is 11.4 Å². The van der Waals surface area contributed by atoms with Crippen molar-refractivity contribution < 1.29 is 14.4 Å². The maximum absolute atomic E-state index is 13.2. The van der Waals surface area contributed by atoms with Gasteiger partial charge in [-0.2, -0.15) is 4.39 Å². The fourth-order valence-electron chi connectivity index (χ4n) is 1.59. The molecule has 0 unspecified atom stereocenters. The van der Waals surface area contributed by atoms with E-state index < -0.39 is 22.5 Å². The van der Waals surface area contributed by atoms with Crippen LogP contribution in [0.3, 0.4) is 0 Å². The first-order valence-corrected chi connectivity index (χ1v) is 4.45. The lowest BCUT2D eigenvalue weighted by atomic mass is 10.1. The Kier molecular flexibility index (Phi) is 2.28. The van der Waals surface area contributed by atoms with Crippen molar-refractivity contribution in [2.24, 2.45) is 0 Å². The molecule has 0 radical (unpaired) electrons. The zero-order valence-corrected chi connectivity index (χ0v) is 7.76. The summed E-state index contributed by atoms with van der Waals surface area (Å²) in [6.07, 6.45) is -0.479. The van der Waals surface area contributed by atoms with Crippen LogP contribution < -0.4 is 4.90 Å². The molecule has 1 N–H and O–H groups in total. The summed E-state index contributed by atoms with van der Waals surface area (Å²) >= 11 is 0. The van der Waals surface area contributed by atoms with Crippen molar-refractivity contribution in [2.75, 3.05) is 18.0 Å². The van der Waals surface area contributed by atoms with Gasteiger partial charge in [-0.25, -0.2) is 0 Å². The Labute approximate surface area is 84.9 Å². The van der Waals surface area contributed by atoms with Crippen LogP contribution in [0, 0.1) is 15.9 Å². The molecule has 0 amide bonds. The van der Waals surface area contributed by atoms with Gasteiger partial charge in [-0.1, -0.05) is 6.07 Å². The van der Waals surface area contributed by atoms with E-state index in [1.807, 2.05) is 0 Å². The minimum Gasteiger partial charge on any atom is -0.389 e. The molecule has 5 nitrogen and oxygen atoms in total. The molecular formula is C9H9FN2O3. The zero-order chi connectivity index (χ0) is 11.0. The molecule has 1 fully saturated rings. The van der Waals surface area contributed by atoms with Crippen LogP contribution in [0.4, 0.5) is 15.8 Å². The first-order valence-electron chi connectivity index (χ1n) is 4.45. The Hall–Kier alpha value is -1.69. The fourth-order valence-corrected chi connectivity index (χ4v) is 1.59. The number of hydrogen-bond donors (Lipinski definition) is 1. The summed E-state index contributed by atoms with van der Waals surface area (Å²) in [5.41, 5.74) is -0.297. The summed E-state index contributed by atoms with van der Waals surface area (Å²) in [7, 11) is 0. The lowest BCUT2D eigenvalue weighted by Crippen LogP contribution is -2.51. The van der Waals surface area contributed by atoms with Crippen molar-refractivity contribution in [1.82, 2.24) is 0 Å². The van der Waals surface area contributed by atoms with Gasteiger partial charge in [-0.15, -0.1) is 0 Å². The summed E-state index contributed by atoms with van der Waals surface area (Å²) in [5.74, 6) is -0.848. The van der Waals surface area contributed by atoms with Crippen molar-refractivity contribution in [2.45, 2.75) is 6.10 Å². The second-order valence-corrected chi connectivity index (χ2v) is 3.42. The molecule has 0 saturated carbocycles. The number of aliphatic hydroxyl groups is 1. The predicted octanol–water partition coefficient (Wildman–Crippen LogP) is 0.915. The van der Waals surface area contributed by atoms with Gasteiger partial charge in [0, 0.05) is 13.1 Å². The average molecular weight is 212 g/mol. The molecule has 1 aromatic rings. The van der Waals surface area contributed by atoms with Crippen molar-refractivity contribution in [1.29, 1.82) is 0 Å². The Morgan fingerprint density at radius 2 is 2.20 bits per heavy atom. The molecule has 1 saturated heterocycles. The quantitative estimate of drug-likeness (QED) is 0.584. The number of nitrogens with zero attached hydrogens (tertiary/aromatic N) is 2. The molecule has 0 aliphatic carbocycles. The fraction of sp³-hybridized carbons (Fsp3) is 0.333. The van der Waals surface area contributed by atoms with E-state index in [-0.39, 0.29) is 5.69 Å². The van der Waals surface area contributed by atoms with Crippen LogP contribution >= 0.6 is 0 Å². The van der Waals surface area contributed by atoms with Gasteiger partial charge in [-0.3, -0.25) is 10.1 Å². The topological polar surface area (TPSA) is 66.6 Å². The first kappa shape index (κ1) is 9.85. The molecule has 6 heteroatoms. The molecular weight excluding hydrogens is 203 g/mol. The second-order valence-electron chi connectivity index (χ2n) is 3.42. The number of hydrogen-bond acceptors (Lipinski definition) is 4. The van der Waals surface area contributed by atoms with E-state index in [0.29, 0.717) is 13.1 Å². The predicted molar refractivity (Wildman–Crippen MR) is 51.3 cm³/mol. The van der Waals surface area contributed by atoms with Gasteiger partial charge in [0.25, 0.3) is 0 Å². The van der Waals surface area contributed by atoms with Gasteiger partial charge < -0.3 is 10.0 Å². The summed E-state index contributed by atoms with van der Waals surface area (Å²) in [4.78, 5) is 11.5. The summed E-state index contributed by atoms with van der Waals surface area (Å²) < 4.78 is 13.2. The molecule has 1 aliphatic heterocycles. The molecule has 0 aromatic heterocycles. The summed E-state index contributed by atoms with van der Waals surface area (Å²) in [6, 6.07) is 3.95. The molecule has 15 heavy (non-hydrogen) atoms. The van der Waals surface area contributed by atoms with E-state index in [4.69, 9.17) is 5.11 Å². The SMILES string of the molecule is O=[N+]([O-])c1c(F)cccc1N1CC(O)C1. The van der Waals surface area contributed by atoms with E-state index in [1.54, 1.807) is 4.90 Å². The van der Waals surface area contributed by atoms with E-state index in [0.717, 1.165) is 6.07 Å². The van der Waals surface area contributed by atoms with Gasteiger partial charge in [0.2, 0.25) is 5.82 Å². The number of rotatable bonds is 2. The molecule has 2 rings (SSSR count). The second kappa shape index (κ2) is 3.47. The number of benzene rings is 1. The van der Waals surface area contributed by atoms with E-state index in [2.05, 4.69) is 0 Å². The molecule has 0 atom stereocenters. The lowest BCUT2D eigenvalue weighted by Gasteiger charge is -2.37. The third kappa shape index (κ3) is 1.63. The zero-order valence-electron chi connectivity index (χ0n) is 7.76. The highest BCUT2D eigenvalue weighted by Crippen LogP contribution is 2.33. The molecule has 1 aliphatic rings. The van der Waals surface area contributed by atoms with E-state index in [1.165, 1.54) is 12.1 Å². The Morgan fingerprint density at radius 3 is 2.73 bits per heavy atom. The highest BCUT2D eigenvalue weighted by Gasteiger charge is 2.31. The third-order valence-electron chi connectivity index (χ3n) is 2.35. The van der Waals surface area contributed by atoms with Crippen LogP contribution in [-0.4, -0.2) is 29.2 Å². The minimum absolute atomic E-state index is 0.227. The molecule has 0 spiro atoms. The van der Waals surface area contributed by atoms with Crippen LogP contribution in [0.1, 0.15) is 0 Å². The van der Waals surface area contributed by atoms with Gasteiger partial charge in [0.1, 0.15) is 5.69 Å². The van der Waals surface area contributed by atoms with Crippen LogP contribution in [0.5, 0.6) is 0 Å². The largest absolute Gasteiger partial charge is 0.389 e. The first-order chi connectivity index (χ1) is 7.09. The summed E-state index contributed by atoms with van der Waals surface area (Å²) in [6.45, 7) is 0.620. The Balaban J connectivity index is 2.38. The number of aliphatic hydroxyl groups excluding tert-OH is 1. The van der Waals surface area contributed by atoms with Gasteiger partial charge in [-0.05, 0) is 12.1 Å². The molecule has 80 valence electrons. The Morgan fingerprint density at radius 1 is 1.53 bits per heavy atom. The van der Waals surface area contributed by atoms with Gasteiger partial charge in [0.05, 0.1) is 11.0 Å². The Bertz CT molecular complexity index is 404. The number of halogens is 1. The van der Waals surface area contributed by atoms with Gasteiger partial charge in [0.15, 0.2) is 0 Å². The van der Waals surface area contributed by atoms with Crippen LogP contribution in [0.25, 0.3) is 0 Å². The van der Waals surface area contributed by atoms with Crippen LogP contribution in [0.2, 0.25) is 0 Å². The van der Waals surface area contributed by atoms with E-state index >= 15 is 0 Å². The number of nitro benzene ring substituents is 1. The normalized spacial score (nSPS) is 16.3. The highest BCUT2D eigenvalue weighted by atomic mass is 19.1. The van der Waals surface area contributed by atoms with Crippen molar-refractivity contribution in [3.8, 4) is 0 Å². The minimum atomic E-state index is -0.848.